The summed E-state index contributed by atoms with van der Waals surface area (Å²) in [6, 6.07) is 1.21. The van der Waals surface area contributed by atoms with E-state index in [1.54, 1.807) is 12.2 Å². The van der Waals surface area contributed by atoms with E-state index in [0.29, 0.717) is 6.04 Å². The van der Waals surface area contributed by atoms with Gasteiger partial charge in [-0.1, -0.05) is 6.08 Å². The van der Waals surface area contributed by atoms with Gasteiger partial charge in [-0.2, -0.15) is 0 Å². The molecule has 1 unspecified atom stereocenters. The van der Waals surface area contributed by atoms with Crippen LogP contribution in [-0.4, -0.2) is 36.0 Å². The molecule has 1 aliphatic heterocycles. The third-order valence-electron chi connectivity index (χ3n) is 2.95. The Labute approximate surface area is 85.2 Å². The van der Waals surface area contributed by atoms with Crippen molar-refractivity contribution in [3.05, 3.63) is 12.2 Å². The molecule has 1 N–H and O–H groups in total. The van der Waals surface area contributed by atoms with Gasteiger partial charge in [-0.15, -0.1) is 0 Å². The summed E-state index contributed by atoms with van der Waals surface area (Å²) >= 11 is 0. The molecule has 0 bridgehead atoms. The van der Waals surface area contributed by atoms with Gasteiger partial charge >= 0.3 is 0 Å². The van der Waals surface area contributed by atoms with Crippen LogP contribution in [0.4, 0.5) is 0 Å². The zero-order valence-corrected chi connectivity index (χ0v) is 8.70. The summed E-state index contributed by atoms with van der Waals surface area (Å²) in [7, 11) is 0. The second-order valence-corrected chi connectivity index (χ2v) is 4.22. The number of hydrogen-bond acceptors (Lipinski definition) is 2. The first kappa shape index (κ1) is 9.71. The third kappa shape index (κ3) is 2.35. The van der Waals surface area contributed by atoms with Crippen LogP contribution in [0, 0.1) is 0 Å². The van der Waals surface area contributed by atoms with Gasteiger partial charge in [0, 0.05) is 25.2 Å². The molecule has 78 valence electrons. The first-order valence-corrected chi connectivity index (χ1v) is 5.47. The van der Waals surface area contributed by atoms with Gasteiger partial charge in [0.1, 0.15) is 0 Å². The molecule has 2 rings (SSSR count). The highest BCUT2D eigenvalue weighted by molar-refractivity contribution is 5.87. The summed E-state index contributed by atoms with van der Waals surface area (Å²) in [5, 5.41) is 3.02. The lowest BCUT2D eigenvalue weighted by Crippen LogP contribution is -2.36. The molecule has 1 amide bonds. The van der Waals surface area contributed by atoms with Crippen LogP contribution in [0.15, 0.2) is 12.2 Å². The Kier molecular flexibility index (Phi) is 2.87. The lowest BCUT2D eigenvalue weighted by Gasteiger charge is -2.14. The number of hydrogen-bond donors (Lipinski definition) is 1. The van der Waals surface area contributed by atoms with Gasteiger partial charge in [0.05, 0.1) is 0 Å². The van der Waals surface area contributed by atoms with Gasteiger partial charge in [0.25, 0.3) is 0 Å². The molecule has 0 aromatic rings. The predicted molar refractivity (Wildman–Crippen MR) is 56.0 cm³/mol. The van der Waals surface area contributed by atoms with Crippen molar-refractivity contribution in [1.82, 2.24) is 10.2 Å². The quantitative estimate of drug-likeness (QED) is 0.677. The fourth-order valence-corrected chi connectivity index (χ4v) is 2.08. The molecule has 1 heterocycles. The molecule has 3 nitrogen and oxygen atoms in total. The maximum Gasteiger partial charge on any atom is 0.243 e. The second kappa shape index (κ2) is 4.13. The van der Waals surface area contributed by atoms with Crippen LogP contribution >= 0.6 is 0 Å². The number of amides is 1. The molecule has 1 aliphatic carbocycles. The summed E-state index contributed by atoms with van der Waals surface area (Å²) in [5.74, 6) is 0.0511. The first-order valence-electron chi connectivity index (χ1n) is 5.47. The number of carbonyl (C=O) groups excluding carboxylic acids is 1. The fourth-order valence-electron chi connectivity index (χ4n) is 2.08. The molecule has 1 saturated carbocycles. The minimum atomic E-state index is 0.0511. The fraction of sp³-hybridized carbons (Fsp3) is 0.727. The highest BCUT2D eigenvalue weighted by atomic mass is 16.1. The van der Waals surface area contributed by atoms with E-state index in [-0.39, 0.29) is 5.91 Å². The molecular weight excluding hydrogens is 176 g/mol. The van der Waals surface area contributed by atoms with Crippen molar-refractivity contribution < 1.29 is 4.79 Å². The maximum absolute atomic E-state index is 11.3. The van der Waals surface area contributed by atoms with E-state index >= 15 is 0 Å². The summed E-state index contributed by atoms with van der Waals surface area (Å²) < 4.78 is 0. The molecule has 0 radical (unpaired) electrons. The van der Waals surface area contributed by atoms with Crippen molar-refractivity contribution in [3.63, 3.8) is 0 Å². The van der Waals surface area contributed by atoms with Crippen LogP contribution in [0.2, 0.25) is 0 Å². The largest absolute Gasteiger partial charge is 0.348 e. The predicted octanol–water partition coefficient (Wildman–Crippen LogP) is 0.915. The summed E-state index contributed by atoms with van der Waals surface area (Å²) in [6.45, 7) is 4.07. The van der Waals surface area contributed by atoms with E-state index in [4.69, 9.17) is 0 Å². The zero-order chi connectivity index (χ0) is 9.97. The minimum absolute atomic E-state index is 0.0511. The number of nitrogens with one attached hydrogen (secondary N) is 1. The molecule has 1 atom stereocenters. The summed E-state index contributed by atoms with van der Waals surface area (Å²) in [6.07, 6.45) is 7.20. The van der Waals surface area contributed by atoms with Crippen molar-refractivity contribution in [2.75, 3.05) is 13.1 Å². The number of likely N-dealkylation sites (tertiary alicyclic amines) is 1. The lowest BCUT2D eigenvalue weighted by atomic mass is 10.2. The van der Waals surface area contributed by atoms with Crippen LogP contribution in [0.3, 0.4) is 0 Å². The van der Waals surface area contributed by atoms with Crippen molar-refractivity contribution in [3.8, 4) is 0 Å². The van der Waals surface area contributed by atoms with E-state index in [1.807, 2.05) is 6.92 Å². The smallest absolute Gasteiger partial charge is 0.243 e. The van der Waals surface area contributed by atoms with E-state index in [9.17, 15) is 4.79 Å². The molecule has 2 fully saturated rings. The Morgan fingerprint density at radius 1 is 1.43 bits per heavy atom. The van der Waals surface area contributed by atoms with Crippen LogP contribution < -0.4 is 5.32 Å². The Hall–Kier alpha value is -0.830. The first-order chi connectivity index (χ1) is 6.79. The lowest BCUT2D eigenvalue weighted by molar-refractivity contribution is -0.117. The standard InChI is InChI=1S/C11H18N2O/c1-2-3-11(14)12-9-6-7-13(8-9)10-4-5-10/h2-3,9-10H,4-8H2,1H3,(H,12,14). The van der Waals surface area contributed by atoms with Crippen molar-refractivity contribution in [2.24, 2.45) is 0 Å². The van der Waals surface area contributed by atoms with E-state index in [1.165, 1.54) is 12.8 Å². The number of allylic oxidation sites excluding steroid dienone is 1. The normalized spacial score (nSPS) is 28.5. The highest BCUT2D eigenvalue weighted by Gasteiger charge is 2.34. The van der Waals surface area contributed by atoms with Gasteiger partial charge in [0.15, 0.2) is 0 Å². The third-order valence-corrected chi connectivity index (χ3v) is 2.95. The summed E-state index contributed by atoms with van der Waals surface area (Å²) in [4.78, 5) is 13.8. The van der Waals surface area contributed by atoms with Crippen molar-refractivity contribution in [1.29, 1.82) is 0 Å². The molecule has 0 spiro atoms. The minimum Gasteiger partial charge on any atom is -0.348 e. The van der Waals surface area contributed by atoms with E-state index in [0.717, 1.165) is 25.6 Å². The highest BCUT2D eigenvalue weighted by Crippen LogP contribution is 2.29. The molecule has 1 saturated heterocycles. The Balaban J connectivity index is 1.74. The topological polar surface area (TPSA) is 32.3 Å². The molecule has 0 aromatic carbocycles. The molecule has 14 heavy (non-hydrogen) atoms. The Bertz CT molecular complexity index is 246. The van der Waals surface area contributed by atoms with Gasteiger partial charge in [-0.25, -0.2) is 0 Å². The SMILES string of the molecule is CC=CC(=O)NC1CCN(C2CC2)C1. The molecule has 3 heteroatoms. The van der Waals surface area contributed by atoms with E-state index < -0.39 is 0 Å². The van der Waals surface area contributed by atoms with E-state index in [2.05, 4.69) is 10.2 Å². The summed E-state index contributed by atoms with van der Waals surface area (Å²) in [5.41, 5.74) is 0. The van der Waals surface area contributed by atoms with Crippen LogP contribution in [0.5, 0.6) is 0 Å². The van der Waals surface area contributed by atoms with Gasteiger partial charge < -0.3 is 5.32 Å². The van der Waals surface area contributed by atoms with Crippen LogP contribution in [0.1, 0.15) is 26.2 Å². The molecular formula is C11H18N2O. The van der Waals surface area contributed by atoms with Gasteiger partial charge in [-0.3, -0.25) is 9.69 Å². The number of rotatable bonds is 3. The average Bonchev–Trinajstić information content (AvgIpc) is 2.89. The Morgan fingerprint density at radius 2 is 2.21 bits per heavy atom. The molecule has 0 aromatic heterocycles. The second-order valence-electron chi connectivity index (χ2n) is 4.22. The Morgan fingerprint density at radius 3 is 2.86 bits per heavy atom. The molecule has 2 aliphatic rings. The zero-order valence-electron chi connectivity index (χ0n) is 8.70. The van der Waals surface area contributed by atoms with Crippen molar-refractivity contribution >= 4 is 5.91 Å². The van der Waals surface area contributed by atoms with Crippen molar-refractivity contribution in [2.45, 2.75) is 38.3 Å². The monoisotopic (exact) mass is 194 g/mol. The van der Waals surface area contributed by atoms with Gasteiger partial charge in [-0.05, 0) is 32.3 Å². The number of carbonyl (C=O) groups is 1. The average molecular weight is 194 g/mol. The van der Waals surface area contributed by atoms with Crippen LogP contribution in [0.25, 0.3) is 0 Å². The van der Waals surface area contributed by atoms with Gasteiger partial charge in [0.2, 0.25) is 5.91 Å². The number of nitrogens with zero attached hydrogens (tertiary/aromatic N) is 1. The van der Waals surface area contributed by atoms with Crippen LogP contribution in [-0.2, 0) is 4.79 Å². The maximum atomic E-state index is 11.3.